The maximum atomic E-state index is 13.3. The third-order valence-corrected chi connectivity index (χ3v) is 3.03. The van der Waals surface area contributed by atoms with Gasteiger partial charge in [0.2, 0.25) is 5.91 Å². The molecule has 0 radical (unpaired) electrons. The van der Waals surface area contributed by atoms with Crippen molar-refractivity contribution in [3.05, 3.63) is 59.2 Å². The van der Waals surface area contributed by atoms with Gasteiger partial charge in [-0.1, -0.05) is 36.4 Å². The molecule has 0 heterocycles. The van der Waals surface area contributed by atoms with Crippen LogP contribution in [0.2, 0.25) is 0 Å². The molecule has 104 valence electrons. The van der Waals surface area contributed by atoms with E-state index in [1.165, 1.54) is 31.2 Å². The normalized spacial score (nSPS) is 11.4. The maximum absolute atomic E-state index is 13.3. The standard InChI is InChI=1S/C15H12F3NO/c1-9-7-8-11(14(19)20)12(13(9)15(16,17)18)10-5-3-2-4-6-10/h2-8H,1H3,(H2,19,20). The topological polar surface area (TPSA) is 43.1 Å². The quantitative estimate of drug-likeness (QED) is 0.893. The highest BCUT2D eigenvalue weighted by Crippen LogP contribution is 2.40. The second-order valence-corrected chi connectivity index (χ2v) is 4.41. The molecule has 1 amide bonds. The first-order valence-corrected chi connectivity index (χ1v) is 5.88. The van der Waals surface area contributed by atoms with Gasteiger partial charge in [0, 0.05) is 11.1 Å². The molecule has 0 saturated heterocycles. The second-order valence-electron chi connectivity index (χ2n) is 4.41. The SMILES string of the molecule is Cc1ccc(C(N)=O)c(-c2ccccc2)c1C(F)(F)F. The zero-order chi connectivity index (χ0) is 14.9. The Morgan fingerprint density at radius 2 is 1.65 bits per heavy atom. The molecule has 2 rings (SSSR count). The number of benzene rings is 2. The molecule has 0 atom stereocenters. The summed E-state index contributed by atoms with van der Waals surface area (Å²) in [6.45, 7) is 1.36. The van der Waals surface area contributed by atoms with E-state index in [1.54, 1.807) is 18.2 Å². The Morgan fingerprint density at radius 1 is 1.05 bits per heavy atom. The Kier molecular flexibility index (Phi) is 3.53. The van der Waals surface area contributed by atoms with Crippen LogP contribution in [0.15, 0.2) is 42.5 Å². The number of amides is 1. The Hall–Kier alpha value is -2.30. The molecule has 5 heteroatoms. The van der Waals surface area contributed by atoms with Crippen LogP contribution in [0.25, 0.3) is 11.1 Å². The minimum atomic E-state index is -4.55. The number of hydrogen-bond donors (Lipinski definition) is 1. The first-order valence-electron chi connectivity index (χ1n) is 5.88. The number of aryl methyl sites for hydroxylation is 1. The molecule has 0 bridgehead atoms. The van der Waals surface area contributed by atoms with Crippen LogP contribution in [0.4, 0.5) is 13.2 Å². The third-order valence-electron chi connectivity index (χ3n) is 3.03. The van der Waals surface area contributed by atoms with Crippen molar-refractivity contribution in [2.45, 2.75) is 13.1 Å². The lowest BCUT2D eigenvalue weighted by Gasteiger charge is -2.18. The van der Waals surface area contributed by atoms with Crippen LogP contribution in [-0.4, -0.2) is 5.91 Å². The van der Waals surface area contributed by atoms with E-state index < -0.39 is 17.6 Å². The fraction of sp³-hybridized carbons (Fsp3) is 0.133. The van der Waals surface area contributed by atoms with E-state index in [2.05, 4.69) is 0 Å². The number of halogens is 3. The van der Waals surface area contributed by atoms with Crippen LogP contribution in [0.1, 0.15) is 21.5 Å². The number of hydrogen-bond acceptors (Lipinski definition) is 1. The van der Waals surface area contributed by atoms with Gasteiger partial charge in [-0.2, -0.15) is 13.2 Å². The molecule has 0 spiro atoms. The summed E-state index contributed by atoms with van der Waals surface area (Å²) in [6, 6.07) is 10.6. The van der Waals surface area contributed by atoms with Crippen LogP contribution in [0.5, 0.6) is 0 Å². The third kappa shape index (κ3) is 2.52. The lowest BCUT2D eigenvalue weighted by Crippen LogP contribution is -2.17. The van der Waals surface area contributed by atoms with Crippen molar-refractivity contribution < 1.29 is 18.0 Å². The Balaban J connectivity index is 2.87. The average molecular weight is 279 g/mol. The van der Waals surface area contributed by atoms with Crippen LogP contribution < -0.4 is 5.73 Å². The van der Waals surface area contributed by atoms with Gasteiger partial charge in [-0.05, 0) is 24.1 Å². The summed E-state index contributed by atoms with van der Waals surface area (Å²) in [5.41, 5.74) is 4.47. The summed E-state index contributed by atoms with van der Waals surface area (Å²) < 4.78 is 39.9. The highest BCUT2D eigenvalue weighted by molar-refractivity contribution is 6.01. The minimum absolute atomic E-state index is 0.0568. The number of primary amides is 1. The van der Waals surface area contributed by atoms with Crippen molar-refractivity contribution in [1.82, 2.24) is 0 Å². The van der Waals surface area contributed by atoms with Crippen molar-refractivity contribution in [2.24, 2.45) is 5.73 Å². The summed E-state index contributed by atoms with van der Waals surface area (Å²) in [5, 5.41) is 0. The lowest BCUT2D eigenvalue weighted by atomic mass is 9.90. The highest BCUT2D eigenvalue weighted by atomic mass is 19.4. The van der Waals surface area contributed by atoms with E-state index in [4.69, 9.17) is 5.73 Å². The van der Waals surface area contributed by atoms with Gasteiger partial charge in [-0.3, -0.25) is 4.79 Å². The van der Waals surface area contributed by atoms with Gasteiger partial charge in [-0.25, -0.2) is 0 Å². The molecule has 0 unspecified atom stereocenters. The van der Waals surface area contributed by atoms with E-state index in [-0.39, 0.29) is 16.7 Å². The molecule has 0 aromatic heterocycles. The van der Waals surface area contributed by atoms with Crippen LogP contribution >= 0.6 is 0 Å². The summed E-state index contributed by atoms with van der Waals surface area (Å²) >= 11 is 0. The molecule has 2 aromatic carbocycles. The first-order chi connectivity index (χ1) is 9.32. The molecular weight excluding hydrogens is 267 g/mol. The van der Waals surface area contributed by atoms with E-state index in [9.17, 15) is 18.0 Å². The maximum Gasteiger partial charge on any atom is 0.417 e. The lowest BCUT2D eigenvalue weighted by molar-refractivity contribution is -0.137. The number of rotatable bonds is 2. The molecule has 0 fully saturated rings. The Labute approximate surface area is 114 Å². The highest BCUT2D eigenvalue weighted by Gasteiger charge is 2.37. The van der Waals surface area contributed by atoms with Crippen LogP contribution in [0, 0.1) is 6.92 Å². The predicted octanol–water partition coefficient (Wildman–Crippen LogP) is 3.78. The van der Waals surface area contributed by atoms with Crippen molar-refractivity contribution in [1.29, 1.82) is 0 Å². The van der Waals surface area contributed by atoms with E-state index >= 15 is 0 Å². The summed E-state index contributed by atoms with van der Waals surface area (Å²) in [5.74, 6) is -0.880. The van der Waals surface area contributed by atoms with Gasteiger partial charge in [-0.15, -0.1) is 0 Å². The number of nitrogens with two attached hydrogens (primary N) is 1. The van der Waals surface area contributed by atoms with Gasteiger partial charge < -0.3 is 5.73 Å². The molecule has 0 aliphatic rings. The monoisotopic (exact) mass is 279 g/mol. The van der Waals surface area contributed by atoms with Gasteiger partial charge >= 0.3 is 6.18 Å². The molecule has 2 N–H and O–H groups in total. The minimum Gasteiger partial charge on any atom is -0.366 e. The van der Waals surface area contributed by atoms with Crippen LogP contribution in [-0.2, 0) is 6.18 Å². The average Bonchev–Trinajstić information content (AvgIpc) is 2.37. The largest absolute Gasteiger partial charge is 0.417 e. The zero-order valence-electron chi connectivity index (χ0n) is 10.7. The number of carbonyl (C=O) groups excluding carboxylic acids is 1. The first kappa shape index (κ1) is 14.1. The second kappa shape index (κ2) is 5.00. The predicted molar refractivity (Wildman–Crippen MR) is 70.1 cm³/mol. The van der Waals surface area contributed by atoms with Gasteiger partial charge in [0.15, 0.2) is 0 Å². The van der Waals surface area contributed by atoms with Gasteiger partial charge in [0.05, 0.1) is 5.56 Å². The van der Waals surface area contributed by atoms with Crippen LogP contribution in [0.3, 0.4) is 0 Å². The number of carbonyl (C=O) groups is 1. The Morgan fingerprint density at radius 3 is 2.15 bits per heavy atom. The fourth-order valence-corrected chi connectivity index (χ4v) is 2.18. The molecular formula is C15H12F3NO. The molecule has 20 heavy (non-hydrogen) atoms. The van der Waals surface area contributed by atoms with E-state index in [0.29, 0.717) is 5.56 Å². The smallest absolute Gasteiger partial charge is 0.366 e. The van der Waals surface area contributed by atoms with Crippen molar-refractivity contribution >= 4 is 5.91 Å². The van der Waals surface area contributed by atoms with Gasteiger partial charge in [0.25, 0.3) is 0 Å². The zero-order valence-corrected chi connectivity index (χ0v) is 10.7. The Bertz CT molecular complexity index is 648. The molecule has 0 saturated carbocycles. The molecule has 2 aromatic rings. The molecule has 0 aliphatic carbocycles. The van der Waals surface area contributed by atoms with Crippen molar-refractivity contribution in [3.63, 3.8) is 0 Å². The van der Waals surface area contributed by atoms with Crippen molar-refractivity contribution in [3.8, 4) is 11.1 Å². The summed E-state index contributed by atoms with van der Waals surface area (Å²) in [6.07, 6.45) is -4.55. The fourth-order valence-electron chi connectivity index (χ4n) is 2.18. The molecule has 2 nitrogen and oxygen atoms in total. The summed E-state index contributed by atoms with van der Waals surface area (Å²) in [7, 11) is 0. The molecule has 0 aliphatic heterocycles. The van der Waals surface area contributed by atoms with Gasteiger partial charge in [0.1, 0.15) is 0 Å². The van der Waals surface area contributed by atoms with E-state index in [0.717, 1.165) is 0 Å². The number of alkyl halides is 3. The van der Waals surface area contributed by atoms with Crippen molar-refractivity contribution in [2.75, 3.05) is 0 Å². The summed E-state index contributed by atoms with van der Waals surface area (Å²) in [4.78, 5) is 11.4. The van der Waals surface area contributed by atoms with E-state index in [1.807, 2.05) is 0 Å².